The lowest BCUT2D eigenvalue weighted by Gasteiger charge is -2.32. The normalized spacial score (nSPS) is 18.7. The molecule has 1 aliphatic rings. The Balaban J connectivity index is 1.46. The Morgan fingerprint density at radius 3 is 2.83 bits per heavy atom. The van der Waals surface area contributed by atoms with Crippen molar-refractivity contribution in [2.24, 2.45) is 5.92 Å². The van der Waals surface area contributed by atoms with Crippen molar-refractivity contribution >= 4 is 0 Å². The molecule has 1 saturated heterocycles. The highest BCUT2D eigenvalue weighted by Gasteiger charge is 2.20. The van der Waals surface area contributed by atoms with Crippen LogP contribution in [0.4, 0.5) is 8.78 Å². The van der Waals surface area contributed by atoms with Gasteiger partial charge >= 0.3 is 0 Å². The minimum absolute atomic E-state index is 0.419. The largest absolute Gasteiger partial charge is 0.303 e. The van der Waals surface area contributed by atoms with E-state index in [2.05, 4.69) is 16.0 Å². The molecule has 0 N–H and O–H groups in total. The van der Waals surface area contributed by atoms with Crippen molar-refractivity contribution in [1.82, 2.24) is 9.88 Å². The van der Waals surface area contributed by atoms with Crippen molar-refractivity contribution in [3.63, 3.8) is 0 Å². The fourth-order valence-electron chi connectivity index (χ4n) is 3.49. The smallest absolute Gasteiger partial charge is 0.129 e. The average Bonchev–Trinajstić information content (AvgIpc) is 2.60. The molecule has 0 radical (unpaired) electrons. The van der Waals surface area contributed by atoms with Crippen molar-refractivity contribution < 1.29 is 8.78 Å². The van der Waals surface area contributed by atoms with Gasteiger partial charge in [0.2, 0.25) is 0 Å². The molecule has 1 aromatic carbocycles. The number of benzene rings is 1. The number of piperidine rings is 1. The first-order chi connectivity index (χ1) is 11.7. The summed E-state index contributed by atoms with van der Waals surface area (Å²) in [6, 6.07) is 9.94. The zero-order valence-electron chi connectivity index (χ0n) is 13.9. The maximum absolute atomic E-state index is 13.7. The first-order valence-corrected chi connectivity index (χ1v) is 8.77. The number of hydrogen-bond acceptors (Lipinski definition) is 2. The number of nitrogens with zero attached hydrogens (tertiary/aromatic N) is 2. The summed E-state index contributed by atoms with van der Waals surface area (Å²) in [6.07, 6.45) is 6.85. The summed E-state index contributed by atoms with van der Waals surface area (Å²) in [5, 5.41) is 0. The van der Waals surface area contributed by atoms with Crippen molar-refractivity contribution in [2.75, 3.05) is 19.6 Å². The monoisotopic (exact) mass is 330 g/mol. The summed E-state index contributed by atoms with van der Waals surface area (Å²) < 4.78 is 26.7. The van der Waals surface area contributed by atoms with Crippen LogP contribution in [0.3, 0.4) is 0 Å². The summed E-state index contributed by atoms with van der Waals surface area (Å²) in [7, 11) is 0. The Morgan fingerprint density at radius 2 is 2.04 bits per heavy atom. The lowest BCUT2D eigenvalue weighted by atomic mass is 9.91. The van der Waals surface area contributed by atoms with Crippen LogP contribution in [0.25, 0.3) is 0 Å². The van der Waals surface area contributed by atoms with E-state index in [9.17, 15) is 8.78 Å². The third-order valence-electron chi connectivity index (χ3n) is 4.85. The maximum atomic E-state index is 13.7. The second-order valence-corrected chi connectivity index (χ2v) is 6.65. The second-order valence-electron chi connectivity index (χ2n) is 6.65. The van der Waals surface area contributed by atoms with E-state index in [1.165, 1.54) is 18.9 Å². The molecule has 1 aromatic heterocycles. The van der Waals surface area contributed by atoms with Crippen molar-refractivity contribution in [1.29, 1.82) is 0 Å². The SMILES string of the molecule is Fc1ccc(CC[C@@H]2CCCN(CCc3ccccn3)C2)c(F)c1. The highest BCUT2D eigenvalue weighted by atomic mass is 19.1. The maximum Gasteiger partial charge on any atom is 0.129 e. The van der Waals surface area contributed by atoms with E-state index < -0.39 is 11.6 Å². The molecule has 0 amide bonds. The summed E-state index contributed by atoms with van der Waals surface area (Å²) >= 11 is 0. The zero-order valence-corrected chi connectivity index (χ0v) is 13.9. The fraction of sp³-hybridized carbons (Fsp3) is 0.450. The van der Waals surface area contributed by atoms with Gasteiger partial charge in [-0.1, -0.05) is 12.1 Å². The van der Waals surface area contributed by atoms with Crippen LogP contribution in [0.1, 0.15) is 30.5 Å². The van der Waals surface area contributed by atoms with E-state index in [-0.39, 0.29) is 0 Å². The van der Waals surface area contributed by atoms with Crippen LogP contribution in [-0.2, 0) is 12.8 Å². The van der Waals surface area contributed by atoms with Gasteiger partial charge in [-0.3, -0.25) is 4.98 Å². The van der Waals surface area contributed by atoms with Gasteiger partial charge in [0.05, 0.1) is 0 Å². The van der Waals surface area contributed by atoms with Crippen molar-refractivity contribution in [3.8, 4) is 0 Å². The van der Waals surface area contributed by atoms with Gasteiger partial charge in [-0.2, -0.15) is 0 Å². The van der Waals surface area contributed by atoms with E-state index in [1.54, 1.807) is 6.07 Å². The summed E-state index contributed by atoms with van der Waals surface area (Å²) in [5.41, 5.74) is 1.76. The fourth-order valence-corrected chi connectivity index (χ4v) is 3.49. The molecule has 2 heterocycles. The van der Waals surface area contributed by atoms with Crippen molar-refractivity contribution in [2.45, 2.75) is 32.1 Å². The second kappa shape index (κ2) is 8.34. The number of rotatable bonds is 6. The highest BCUT2D eigenvalue weighted by molar-refractivity contribution is 5.18. The van der Waals surface area contributed by atoms with Crippen LogP contribution in [0.2, 0.25) is 0 Å². The van der Waals surface area contributed by atoms with Gasteiger partial charge in [-0.25, -0.2) is 8.78 Å². The Bertz CT molecular complexity index is 645. The van der Waals surface area contributed by atoms with E-state index in [0.717, 1.165) is 44.2 Å². The van der Waals surface area contributed by atoms with E-state index in [1.807, 2.05) is 18.3 Å². The van der Waals surface area contributed by atoms with Crippen LogP contribution < -0.4 is 0 Å². The number of aromatic nitrogens is 1. The minimum Gasteiger partial charge on any atom is -0.303 e. The van der Waals surface area contributed by atoms with Gasteiger partial charge < -0.3 is 4.90 Å². The van der Waals surface area contributed by atoms with E-state index >= 15 is 0 Å². The number of likely N-dealkylation sites (tertiary alicyclic amines) is 1. The Kier molecular flexibility index (Phi) is 5.91. The Hall–Kier alpha value is -1.81. The molecule has 3 rings (SSSR count). The first-order valence-electron chi connectivity index (χ1n) is 8.77. The first kappa shape index (κ1) is 17.0. The third-order valence-corrected chi connectivity index (χ3v) is 4.85. The van der Waals surface area contributed by atoms with Gasteiger partial charge in [-0.15, -0.1) is 0 Å². The van der Waals surface area contributed by atoms with Crippen molar-refractivity contribution in [3.05, 3.63) is 65.5 Å². The molecular formula is C20H24F2N2. The highest BCUT2D eigenvalue weighted by Crippen LogP contribution is 2.22. The molecule has 0 aliphatic carbocycles. The predicted molar refractivity (Wildman–Crippen MR) is 91.8 cm³/mol. The predicted octanol–water partition coefficient (Wildman–Crippen LogP) is 4.25. The van der Waals surface area contributed by atoms with Gasteiger partial charge in [0.1, 0.15) is 11.6 Å². The van der Waals surface area contributed by atoms with Crippen LogP contribution >= 0.6 is 0 Å². The summed E-state index contributed by atoms with van der Waals surface area (Å²) in [5.74, 6) is -0.334. The molecule has 2 aromatic rings. The van der Waals surface area contributed by atoms with Crippen LogP contribution in [0.5, 0.6) is 0 Å². The van der Waals surface area contributed by atoms with E-state index in [0.29, 0.717) is 17.9 Å². The molecule has 0 spiro atoms. The standard InChI is InChI=1S/C20H24F2N2/c21-18-9-8-17(20(22)14-18)7-6-16-4-3-12-24(15-16)13-10-19-5-1-2-11-23-19/h1-2,5,8-9,11,14,16H,3-4,6-7,10,12-13,15H2/t16-/m0/s1. The lowest BCUT2D eigenvalue weighted by molar-refractivity contribution is 0.170. The number of hydrogen-bond donors (Lipinski definition) is 0. The summed E-state index contributed by atoms with van der Waals surface area (Å²) in [6.45, 7) is 3.22. The lowest BCUT2D eigenvalue weighted by Crippen LogP contribution is -2.37. The van der Waals surface area contributed by atoms with E-state index in [4.69, 9.17) is 0 Å². The Labute approximate surface area is 142 Å². The van der Waals surface area contributed by atoms with Gasteiger partial charge in [-0.05, 0) is 61.9 Å². The third kappa shape index (κ3) is 4.84. The molecule has 24 heavy (non-hydrogen) atoms. The number of aryl methyl sites for hydroxylation is 1. The van der Waals surface area contributed by atoms with Gasteiger partial charge in [0.15, 0.2) is 0 Å². The molecule has 1 atom stereocenters. The summed E-state index contributed by atoms with van der Waals surface area (Å²) in [4.78, 5) is 6.87. The zero-order chi connectivity index (χ0) is 16.8. The molecule has 128 valence electrons. The number of halogens is 2. The van der Waals surface area contributed by atoms with Crippen LogP contribution in [0, 0.1) is 17.6 Å². The van der Waals surface area contributed by atoms with Gasteiger partial charge in [0.25, 0.3) is 0 Å². The molecule has 4 heteroatoms. The average molecular weight is 330 g/mol. The number of pyridine rings is 1. The van der Waals surface area contributed by atoms with Crippen LogP contribution in [-0.4, -0.2) is 29.5 Å². The molecule has 1 fully saturated rings. The molecule has 0 unspecified atom stereocenters. The topological polar surface area (TPSA) is 16.1 Å². The molecule has 0 bridgehead atoms. The molecular weight excluding hydrogens is 306 g/mol. The van der Waals surface area contributed by atoms with Gasteiger partial charge in [0, 0.05) is 37.5 Å². The molecule has 2 nitrogen and oxygen atoms in total. The minimum atomic E-state index is -0.505. The molecule has 1 aliphatic heterocycles. The van der Waals surface area contributed by atoms with Crippen LogP contribution in [0.15, 0.2) is 42.6 Å². The Morgan fingerprint density at radius 1 is 1.12 bits per heavy atom. The quantitative estimate of drug-likeness (QED) is 0.787. The molecule has 0 saturated carbocycles.